The summed E-state index contributed by atoms with van der Waals surface area (Å²) in [7, 11) is 4.67. The van der Waals surface area contributed by atoms with E-state index < -0.39 is 18.0 Å². The predicted molar refractivity (Wildman–Crippen MR) is 124 cm³/mol. The molecule has 0 aliphatic carbocycles. The van der Waals surface area contributed by atoms with Gasteiger partial charge in [-0.15, -0.1) is 0 Å². The number of nitrogens with zero attached hydrogens (tertiary/aromatic N) is 6. The highest BCUT2D eigenvalue weighted by Crippen LogP contribution is 2.36. The number of hydrogen-bond donors (Lipinski definition) is 1. The Kier molecular flexibility index (Phi) is 5.77. The minimum Gasteiger partial charge on any atom is -0.497 e. The molecule has 0 bridgehead atoms. The molecule has 1 fully saturated rings. The molecule has 0 saturated carbocycles. The van der Waals surface area contributed by atoms with E-state index in [9.17, 15) is 4.79 Å². The molecule has 1 aliphatic heterocycles. The van der Waals surface area contributed by atoms with Gasteiger partial charge in [-0.2, -0.15) is 5.10 Å². The fraction of sp³-hybridized carbons (Fsp3) is 0.261. The maximum Gasteiger partial charge on any atom is 0.407 e. The van der Waals surface area contributed by atoms with E-state index in [4.69, 9.17) is 14.2 Å². The highest BCUT2D eigenvalue weighted by Gasteiger charge is 2.28. The summed E-state index contributed by atoms with van der Waals surface area (Å²) >= 11 is 0. The Hall–Kier alpha value is -4.48. The molecule has 35 heavy (non-hydrogen) atoms. The molecule has 12 heteroatoms. The van der Waals surface area contributed by atoms with Crippen LogP contribution in [0.5, 0.6) is 11.5 Å². The zero-order valence-electron chi connectivity index (χ0n) is 19.2. The van der Waals surface area contributed by atoms with Gasteiger partial charge in [0.05, 0.1) is 44.0 Å². The van der Waals surface area contributed by atoms with Crippen molar-refractivity contribution in [3.05, 3.63) is 48.7 Å². The van der Waals surface area contributed by atoms with Gasteiger partial charge in [0.2, 0.25) is 0 Å². The largest absolute Gasteiger partial charge is 0.497 e. The molecule has 5 rings (SSSR count). The number of aryl methyl sites for hydroxylation is 1. The third kappa shape index (κ3) is 4.37. The van der Waals surface area contributed by atoms with Crippen LogP contribution in [0.4, 0.5) is 20.7 Å². The van der Waals surface area contributed by atoms with Gasteiger partial charge in [0.1, 0.15) is 23.7 Å². The van der Waals surface area contributed by atoms with E-state index in [1.807, 2.05) is 13.2 Å². The average molecular weight is 479 g/mol. The van der Waals surface area contributed by atoms with Crippen molar-refractivity contribution in [3.63, 3.8) is 0 Å². The smallest absolute Gasteiger partial charge is 0.407 e. The van der Waals surface area contributed by atoms with Crippen molar-refractivity contribution in [1.29, 1.82) is 0 Å². The van der Waals surface area contributed by atoms with Crippen LogP contribution in [0, 0.1) is 5.82 Å². The Morgan fingerprint density at radius 2 is 2.09 bits per heavy atom. The van der Waals surface area contributed by atoms with Crippen molar-refractivity contribution in [1.82, 2.24) is 30.0 Å². The van der Waals surface area contributed by atoms with Gasteiger partial charge < -0.3 is 24.4 Å². The molecule has 11 nitrogen and oxygen atoms in total. The lowest BCUT2D eigenvalue weighted by Crippen LogP contribution is -2.38. The average Bonchev–Trinajstić information content (AvgIpc) is 3.50. The van der Waals surface area contributed by atoms with Crippen molar-refractivity contribution < 1.29 is 23.4 Å². The first-order valence-corrected chi connectivity index (χ1v) is 10.7. The highest BCUT2D eigenvalue weighted by atomic mass is 19.1. The van der Waals surface area contributed by atoms with Crippen LogP contribution in [0.1, 0.15) is 0 Å². The second-order valence-electron chi connectivity index (χ2n) is 7.88. The second-order valence-corrected chi connectivity index (χ2v) is 7.88. The minimum absolute atomic E-state index is 0.00972. The lowest BCUT2D eigenvalue weighted by Gasteiger charge is -2.27. The number of rotatable bonds is 7. The van der Waals surface area contributed by atoms with E-state index in [1.54, 1.807) is 40.2 Å². The lowest BCUT2D eigenvalue weighted by molar-refractivity contribution is 0.177. The van der Waals surface area contributed by atoms with Crippen LogP contribution >= 0.6 is 0 Å². The summed E-state index contributed by atoms with van der Waals surface area (Å²) in [6.07, 6.45) is 4.63. The van der Waals surface area contributed by atoms with Gasteiger partial charge in [-0.1, -0.05) is 0 Å². The second kappa shape index (κ2) is 9.05. The zero-order chi connectivity index (χ0) is 24.5. The summed E-state index contributed by atoms with van der Waals surface area (Å²) in [6.45, 7) is 0.309. The molecule has 0 spiro atoms. The number of halogens is 1. The van der Waals surface area contributed by atoms with Crippen LogP contribution < -0.4 is 19.7 Å². The molecule has 1 atom stereocenters. The SMILES string of the molecule is COc1cc(OC)c(F)c(N(CC2COC(=O)N2)c2ccc3ncc(-c4cnn(C)c4)nc3n2)c1. The molecule has 4 aromatic rings. The molecule has 0 radical (unpaired) electrons. The number of aromatic nitrogens is 5. The molecule has 180 valence electrons. The molecule has 1 aliphatic rings. The topological polar surface area (TPSA) is 117 Å². The molecule has 1 aromatic carbocycles. The van der Waals surface area contributed by atoms with Gasteiger partial charge in [-0.05, 0) is 12.1 Å². The number of anilines is 2. The fourth-order valence-corrected chi connectivity index (χ4v) is 3.81. The third-order valence-corrected chi connectivity index (χ3v) is 5.55. The highest BCUT2D eigenvalue weighted by molar-refractivity contribution is 5.77. The van der Waals surface area contributed by atoms with Crippen molar-refractivity contribution in [2.75, 3.05) is 32.3 Å². The molecule has 1 amide bonds. The van der Waals surface area contributed by atoms with E-state index >= 15 is 4.39 Å². The predicted octanol–water partition coefficient (Wildman–Crippen LogP) is 2.83. The van der Waals surface area contributed by atoms with Crippen LogP contribution in [0.15, 0.2) is 42.9 Å². The van der Waals surface area contributed by atoms with Gasteiger partial charge in [-0.25, -0.2) is 19.2 Å². The molecule has 1 saturated heterocycles. The van der Waals surface area contributed by atoms with E-state index in [2.05, 4.69) is 25.4 Å². The van der Waals surface area contributed by atoms with E-state index in [0.29, 0.717) is 28.4 Å². The first kappa shape index (κ1) is 22.3. The summed E-state index contributed by atoms with van der Waals surface area (Å²) < 4.78 is 32.7. The number of nitrogens with one attached hydrogen (secondary N) is 1. The molecule has 1 N–H and O–H groups in total. The lowest BCUT2D eigenvalue weighted by atomic mass is 10.2. The molecular formula is C23H22FN7O4. The first-order valence-electron chi connectivity index (χ1n) is 10.7. The van der Waals surface area contributed by atoms with Crippen molar-refractivity contribution in [2.24, 2.45) is 7.05 Å². The number of fused-ring (bicyclic) bond motifs is 1. The maximum absolute atomic E-state index is 15.5. The van der Waals surface area contributed by atoms with Crippen LogP contribution in [-0.4, -0.2) is 64.2 Å². The summed E-state index contributed by atoms with van der Waals surface area (Å²) in [5, 5.41) is 6.89. The number of methoxy groups -OCH3 is 2. The van der Waals surface area contributed by atoms with Crippen LogP contribution in [0.25, 0.3) is 22.4 Å². The van der Waals surface area contributed by atoms with Gasteiger partial charge in [0.25, 0.3) is 0 Å². The van der Waals surface area contributed by atoms with E-state index in [-0.39, 0.29) is 24.6 Å². The van der Waals surface area contributed by atoms with Crippen LogP contribution in [-0.2, 0) is 11.8 Å². The first-order chi connectivity index (χ1) is 16.9. The third-order valence-electron chi connectivity index (χ3n) is 5.55. The van der Waals surface area contributed by atoms with Gasteiger partial charge in [-0.3, -0.25) is 9.67 Å². The van der Waals surface area contributed by atoms with Gasteiger partial charge >= 0.3 is 6.09 Å². The Labute approximate surface area is 199 Å². The van der Waals surface area contributed by atoms with Crippen molar-refractivity contribution >= 4 is 28.8 Å². The minimum atomic E-state index is -0.601. The van der Waals surface area contributed by atoms with E-state index in [0.717, 1.165) is 5.56 Å². The molecule has 3 aromatic heterocycles. The molecule has 4 heterocycles. The number of amides is 1. The van der Waals surface area contributed by atoms with E-state index in [1.165, 1.54) is 20.3 Å². The summed E-state index contributed by atoms with van der Waals surface area (Å²) in [5.74, 6) is 0.200. The number of alkyl carbamates (subject to hydrolysis) is 1. The quantitative estimate of drug-likeness (QED) is 0.427. The maximum atomic E-state index is 15.5. The summed E-state index contributed by atoms with van der Waals surface area (Å²) in [5.41, 5.74) is 2.50. The summed E-state index contributed by atoms with van der Waals surface area (Å²) in [6, 6.07) is 6.06. The number of carbonyl (C=O) groups excluding carboxylic acids is 1. The van der Waals surface area contributed by atoms with Crippen LogP contribution in [0.3, 0.4) is 0 Å². The van der Waals surface area contributed by atoms with Crippen molar-refractivity contribution in [3.8, 4) is 22.8 Å². The summed E-state index contributed by atoms with van der Waals surface area (Å²) in [4.78, 5) is 27.0. The number of pyridine rings is 1. The number of hydrogen-bond acceptors (Lipinski definition) is 9. The van der Waals surface area contributed by atoms with Gasteiger partial charge in [0.15, 0.2) is 17.2 Å². The fourth-order valence-electron chi connectivity index (χ4n) is 3.81. The normalized spacial score (nSPS) is 15.1. The Balaban J connectivity index is 1.61. The molecule has 1 unspecified atom stereocenters. The Morgan fingerprint density at radius 3 is 2.77 bits per heavy atom. The Bertz CT molecular complexity index is 1410. The van der Waals surface area contributed by atoms with Gasteiger partial charge in [0, 0.05) is 37.5 Å². The number of cyclic esters (lactones) is 1. The Morgan fingerprint density at radius 1 is 1.23 bits per heavy atom. The zero-order valence-corrected chi connectivity index (χ0v) is 19.2. The number of ether oxygens (including phenoxy) is 3. The monoisotopic (exact) mass is 479 g/mol. The number of benzene rings is 1. The standard InChI is InChI=1S/C23H22FN7O4/c1-30-10-13(8-26-30)17-9-25-16-4-5-20(29-22(16)28-17)31(11-14-12-35-23(32)27-14)18-6-15(33-2)7-19(34-3)21(18)24/h4-10,14H,11-12H2,1-3H3,(H,27,32). The van der Waals surface area contributed by atoms with Crippen LogP contribution in [0.2, 0.25) is 0 Å². The van der Waals surface area contributed by atoms with Crippen molar-refractivity contribution in [2.45, 2.75) is 6.04 Å². The molecular weight excluding hydrogens is 457 g/mol. The number of carbonyl (C=O) groups is 1.